The first-order chi connectivity index (χ1) is 10.5. The average molecular weight is 321 g/mol. The molecule has 1 saturated heterocycles. The Morgan fingerprint density at radius 2 is 2.14 bits per heavy atom. The van der Waals surface area contributed by atoms with Crippen LogP contribution in [-0.2, 0) is 7.05 Å². The van der Waals surface area contributed by atoms with Gasteiger partial charge < -0.3 is 10.6 Å². The second-order valence-corrected chi connectivity index (χ2v) is 5.72. The standard InChI is InChI=1S/C14H17ClN6O/c1-8-10(12(15)20(2)19-8)9-4-3-7-21(9)14(22)11-13(16)18-6-5-17-11/h5-6,9H,3-4,7H2,1-2H3,(H2,16,18)/t9-/m0/s1. The van der Waals surface area contributed by atoms with Crippen molar-refractivity contribution in [3.05, 3.63) is 34.5 Å². The molecule has 0 radical (unpaired) electrons. The van der Waals surface area contributed by atoms with Gasteiger partial charge in [-0.3, -0.25) is 9.48 Å². The van der Waals surface area contributed by atoms with Crippen LogP contribution in [0.5, 0.6) is 0 Å². The van der Waals surface area contributed by atoms with E-state index in [1.807, 2.05) is 6.92 Å². The van der Waals surface area contributed by atoms with Crippen LogP contribution >= 0.6 is 11.6 Å². The fourth-order valence-electron chi connectivity index (χ4n) is 2.98. The summed E-state index contributed by atoms with van der Waals surface area (Å²) in [5, 5.41) is 4.90. The monoisotopic (exact) mass is 320 g/mol. The van der Waals surface area contributed by atoms with E-state index in [2.05, 4.69) is 15.1 Å². The number of amides is 1. The van der Waals surface area contributed by atoms with E-state index < -0.39 is 0 Å². The van der Waals surface area contributed by atoms with Gasteiger partial charge in [0.2, 0.25) is 0 Å². The summed E-state index contributed by atoms with van der Waals surface area (Å²) in [6.45, 7) is 2.54. The van der Waals surface area contributed by atoms with Crippen molar-refractivity contribution in [2.45, 2.75) is 25.8 Å². The predicted octanol–water partition coefficient (Wildman–Crippen LogP) is 1.73. The Morgan fingerprint density at radius 1 is 1.41 bits per heavy atom. The molecule has 0 saturated carbocycles. The Hall–Kier alpha value is -2.15. The maximum Gasteiger partial charge on any atom is 0.276 e. The van der Waals surface area contributed by atoms with Gasteiger partial charge in [0.15, 0.2) is 11.5 Å². The lowest BCUT2D eigenvalue weighted by molar-refractivity contribution is 0.0730. The average Bonchev–Trinajstić information content (AvgIpc) is 3.04. The van der Waals surface area contributed by atoms with Crippen LogP contribution < -0.4 is 5.73 Å². The summed E-state index contributed by atoms with van der Waals surface area (Å²) in [6.07, 6.45) is 4.69. The van der Waals surface area contributed by atoms with E-state index in [0.717, 1.165) is 24.1 Å². The summed E-state index contributed by atoms with van der Waals surface area (Å²) in [4.78, 5) is 22.5. The number of hydrogen-bond acceptors (Lipinski definition) is 5. The molecule has 2 aromatic rings. The number of nitrogen functional groups attached to an aromatic ring is 1. The van der Waals surface area contributed by atoms with Gasteiger partial charge in [-0.1, -0.05) is 11.6 Å². The number of anilines is 1. The zero-order chi connectivity index (χ0) is 15.9. The fraction of sp³-hybridized carbons (Fsp3) is 0.429. The highest BCUT2D eigenvalue weighted by Crippen LogP contribution is 2.38. The van der Waals surface area contributed by atoms with Crippen molar-refractivity contribution in [2.24, 2.45) is 7.05 Å². The van der Waals surface area contributed by atoms with Crippen molar-refractivity contribution in [3.63, 3.8) is 0 Å². The minimum Gasteiger partial charge on any atom is -0.382 e. The smallest absolute Gasteiger partial charge is 0.276 e. The molecule has 1 amide bonds. The van der Waals surface area contributed by atoms with E-state index in [1.165, 1.54) is 12.4 Å². The normalized spacial score (nSPS) is 18.0. The molecule has 2 aromatic heterocycles. The highest BCUT2D eigenvalue weighted by atomic mass is 35.5. The van der Waals surface area contributed by atoms with Crippen molar-refractivity contribution in [1.82, 2.24) is 24.6 Å². The molecule has 8 heteroatoms. The lowest BCUT2D eigenvalue weighted by Crippen LogP contribution is -2.32. The molecule has 0 unspecified atom stereocenters. The van der Waals surface area contributed by atoms with E-state index >= 15 is 0 Å². The van der Waals surface area contributed by atoms with Crippen molar-refractivity contribution >= 4 is 23.3 Å². The van der Waals surface area contributed by atoms with Crippen LogP contribution in [0, 0.1) is 6.92 Å². The van der Waals surface area contributed by atoms with Gasteiger partial charge in [-0.05, 0) is 19.8 Å². The molecule has 1 aliphatic heterocycles. The number of carbonyl (C=O) groups excluding carboxylic acids is 1. The molecule has 22 heavy (non-hydrogen) atoms. The van der Waals surface area contributed by atoms with Gasteiger partial charge >= 0.3 is 0 Å². The molecule has 2 N–H and O–H groups in total. The summed E-state index contributed by atoms with van der Waals surface area (Å²) in [6, 6.07) is -0.102. The maximum atomic E-state index is 12.8. The fourth-order valence-corrected chi connectivity index (χ4v) is 3.28. The molecule has 3 rings (SSSR count). The Morgan fingerprint density at radius 3 is 2.77 bits per heavy atom. The lowest BCUT2D eigenvalue weighted by Gasteiger charge is -2.24. The molecule has 1 atom stereocenters. The highest BCUT2D eigenvalue weighted by molar-refractivity contribution is 6.30. The number of aromatic nitrogens is 4. The quantitative estimate of drug-likeness (QED) is 0.910. The molecule has 0 aliphatic carbocycles. The van der Waals surface area contributed by atoms with Crippen molar-refractivity contribution in [3.8, 4) is 0 Å². The van der Waals surface area contributed by atoms with Gasteiger partial charge in [0.25, 0.3) is 5.91 Å². The minimum absolute atomic E-state index is 0.102. The molecular formula is C14H17ClN6O. The Balaban J connectivity index is 1.97. The number of nitrogens with zero attached hydrogens (tertiary/aromatic N) is 5. The molecule has 3 heterocycles. The van der Waals surface area contributed by atoms with Gasteiger partial charge in [-0.2, -0.15) is 5.10 Å². The summed E-state index contributed by atoms with van der Waals surface area (Å²) < 4.78 is 1.63. The number of hydrogen-bond donors (Lipinski definition) is 1. The number of aryl methyl sites for hydroxylation is 2. The first kappa shape index (κ1) is 14.8. The Kier molecular flexibility index (Phi) is 3.74. The first-order valence-electron chi connectivity index (χ1n) is 7.07. The van der Waals surface area contributed by atoms with Crippen molar-refractivity contribution in [1.29, 1.82) is 0 Å². The van der Waals surface area contributed by atoms with Gasteiger partial charge in [-0.15, -0.1) is 0 Å². The van der Waals surface area contributed by atoms with Crippen LogP contribution in [0.3, 0.4) is 0 Å². The van der Waals surface area contributed by atoms with E-state index in [1.54, 1.807) is 16.6 Å². The number of carbonyl (C=O) groups is 1. The van der Waals surface area contributed by atoms with Gasteiger partial charge in [0, 0.05) is 31.5 Å². The molecule has 0 bridgehead atoms. The first-order valence-corrected chi connectivity index (χ1v) is 7.45. The van der Waals surface area contributed by atoms with Crippen molar-refractivity contribution in [2.75, 3.05) is 12.3 Å². The number of rotatable bonds is 2. The predicted molar refractivity (Wildman–Crippen MR) is 82.4 cm³/mol. The molecule has 1 fully saturated rings. The van der Waals surface area contributed by atoms with E-state index in [4.69, 9.17) is 17.3 Å². The van der Waals surface area contributed by atoms with Gasteiger partial charge in [0.05, 0.1) is 11.7 Å². The molecule has 0 aromatic carbocycles. The van der Waals surface area contributed by atoms with Crippen LogP contribution in [0.15, 0.2) is 12.4 Å². The molecule has 1 aliphatic rings. The van der Waals surface area contributed by atoms with E-state index in [-0.39, 0.29) is 23.5 Å². The van der Waals surface area contributed by atoms with Crippen LogP contribution in [-0.4, -0.2) is 37.1 Å². The summed E-state index contributed by atoms with van der Waals surface area (Å²) in [5.74, 6) is -0.0698. The second-order valence-electron chi connectivity index (χ2n) is 5.36. The van der Waals surface area contributed by atoms with E-state index in [9.17, 15) is 4.79 Å². The number of halogens is 1. The van der Waals surface area contributed by atoms with Crippen LogP contribution in [0.2, 0.25) is 5.15 Å². The van der Waals surface area contributed by atoms with Crippen LogP contribution in [0.1, 0.15) is 40.6 Å². The zero-order valence-corrected chi connectivity index (χ0v) is 13.2. The van der Waals surface area contributed by atoms with Crippen LogP contribution in [0.25, 0.3) is 0 Å². The third-order valence-electron chi connectivity index (χ3n) is 3.97. The summed E-state index contributed by atoms with van der Waals surface area (Å²) in [7, 11) is 1.79. The summed E-state index contributed by atoms with van der Waals surface area (Å²) >= 11 is 6.35. The summed E-state index contributed by atoms with van der Waals surface area (Å²) in [5.41, 5.74) is 7.70. The van der Waals surface area contributed by atoms with Crippen LogP contribution in [0.4, 0.5) is 5.82 Å². The zero-order valence-electron chi connectivity index (χ0n) is 12.5. The Labute approximate surface area is 133 Å². The number of likely N-dealkylation sites (tertiary alicyclic amines) is 1. The van der Waals surface area contributed by atoms with Gasteiger partial charge in [0.1, 0.15) is 5.15 Å². The van der Waals surface area contributed by atoms with E-state index in [0.29, 0.717) is 11.7 Å². The highest BCUT2D eigenvalue weighted by Gasteiger charge is 2.35. The molecule has 0 spiro atoms. The SMILES string of the molecule is Cc1nn(C)c(Cl)c1[C@@H]1CCCN1C(=O)c1nccnc1N. The third kappa shape index (κ3) is 2.31. The molecule has 116 valence electrons. The topological polar surface area (TPSA) is 89.9 Å². The Bertz CT molecular complexity index is 728. The third-order valence-corrected chi connectivity index (χ3v) is 4.42. The molecular weight excluding hydrogens is 304 g/mol. The molecule has 7 nitrogen and oxygen atoms in total. The second kappa shape index (κ2) is 5.57. The minimum atomic E-state index is -0.215. The van der Waals surface area contributed by atoms with Gasteiger partial charge in [-0.25, -0.2) is 9.97 Å². The largest absolute Gasteiger partial charge is 0.382 e. The maximum absolute atomic E-state index is 12.8. The lowest BCUT2D eigenvalue weighted by atomic mass is 10.1. The van der Waals surface area contributed by atoms with Crippen molar-refractivity contribution < 1.29 is 4.79 Å². The number of nitrogens with two attached hydrogens (primary N) is 1.